The van der Waals surface area contributed by atoms with Crippen molar-refractivity contribution in [3.8, 4) is 0 Å². The maximum absolute atomic E-state index is 2.31. The van der Waals surface area contributed by atoms with Gasteiger partial charge in [0.05, 0.1) is 0 Å². The standard InChI is InChI=1S/C5H10.2C3H8.C2H6/c1-5-3-2-4-5;2*1-3-2;1-2/h5H,2-4H2,1H3;2*3H2,1-2H3;1-2H3. The van der Waals surface area contributed by atoms with Gasteiger partial charge in [0.25, 0.3) is 0 Å². The van der Waals surface area contributed by atoms with E-state index in [4.69, 9.17) is 0 Å². The molecular weight excluding hydrogens is 156 g/mol. The lowest BCUT2D eigenvalue weighted by molar-refractivity contribution is 0.346. The Morgan fingerprint density at radius 2 is 1.00 bits per heavy atom. The highest BCUT2D eigenvalue weighted by Crippen LogP contribution is 2.24. The van der Waals surface area contributed by atoms with Crippen LogP contribution in [-0.4, -0.2) is 0 Å². The van der Waals surface area contributed by atoms with Crippen molar-refractivity contribution in [1.82, 2.24) is 0 Å². The number of hydrogen-bond donors (Lipinski definition) is 0. The minimum absolute atomic E-state index is 1.06. The summed E-state index contributed by atoms with van der Waals surface area (Å²) in [7, 11) is 0. The highest BCUT2D eigenvalue weighted by Gasteiger charge is 2.09. The first-order valence-corrected chi connectivity index (χ1v) is 6.22. The molecule has 1 saturated carbocycles. The van der Waals surface area contributed by atoms with Gasteiger partial charge in [-0.1, -0.05) is 80.6 Å². The van der Waals surface area contributed by atoms with Crippen LogP contribution in [0.3, 0.4) is 0 Å². The molecule has 1 rings (SSSR count). The van der Waals surface area contributed by atoms with Crippen molar-refractivity contribution in [2.24, 2.45) is 5.92 Å². The average Bonchev–Trinajstić information content (AvgIpc) is 2.08. The fourth-order valence-corrected chi connectivity index (χ4v) is 0.612. The van der Waals surface area contributed by atoms with Crippen molar-refractivity contribution in [1.29, 1.82) is 0 Å². The van der Waals surface area contributed by atoms with Crippen LogP contribution < -0.4 is 0 Å². The highest BCUT2D eigenvalue weighted by molar-refractivity contribution is 4.62. The quantitative estimate of drug-likeness (QED) is 0.460. The zero-order chi connectivity index (χ0) is 11.1. The molecule has 0 aromatic carbocycles. The molecule has 0 aliphatic heterocycles. The van der Waals surface area contributed by atoms with Gasteiger partial charge in [0, 0.05) is 0 Å². The number of rotatable bonds is 0. The molecule has 0 saturated heterocycles. The summed E-state index contributed by atoms with van der Waals surface area (Å²) in [6, 6.07) is 0. The highest BCUT2D eigenvalue weighted by atomic mass is 14.1. The molecule has 0 aromatic heterocycles. The van der Waals surface area contributed by atoms with E-state index in [2.05, 4.69) is 34.6 Å². The van der Waals surface area contributed by atoms with E-state index in [0.29, 0.717) is 0 Å². The Labute approximate surface area is 87.1 Å². The minimum atomic E-state index is 1.06. The monoisotopic (exact) mass is 188 g/mol. The fourth-order valence-electron chi connectivity index (χ4n) is 0.612. The third-order valence-corrected chi connectivity index (χ3v) is 1.39. The predicted molar refractivity (Wildman–Crippen MR) is 66.3 cm³/mol. The normalized spacial score (nSPS) is 13.2. The third-order valence-electron chi connectivity index (χ3n) is 1.39. The molecule has 0 N–H and O–H groups in total. The Morgan fingerprint density at radius 1 is 0.846 bits per heavy atom. The molecule has 84 valence electrons. The van der Waals surface area contributed by atoms with E-state index in [1.54, 1.807) is 0 Å². The van der Waals surface area contributed by atoms with Crippen LogP contribution in [0.4, 0.5) is 0 Å². The molecule has 0 aromatic rings. The van der Waals surface area contributed by atoms with Crippen molar-refractivity contribution >= 4 is 0 Å². The van der Waals surface area contributed by atoms with E-state index in [-0.39, 0.29) is 0 Å². The van der Waals surface area contributed by atoms with Crippen LogP contribution >= 0.6 is 0 Å². The van der Waals surface area contributed by atoms with Gasteiger partial charge in [-0.2, -0.15) is 0 Å². The van der Waals surface area contributed by atoms with Gasteiger partial charge in [-0.15, -0.1) is 0 Å². The number of hydrogen-bond acceptors (Lipinski definition) is 0. The largest absolute Gasteiger partial charge is 0.0683 e. The molecule has 0 heteroatoms. The fraction of sp³-hybridized carbons (Fsp3) is 1.00. The molecule has 0 heterocycles. The van der Waals surface area contributed by atoms with Crippen molar-refractivity contribution in [3.63, 3.8) is 0 Å². The van der Waals surface area contributed by atoms with Crippen molar-refractivity contribution in [2.45, 2.75) is 80.6 Å². The van der Waals surface area contributed by atoms with Crippen LogP contribution in [0.25, 0.3) is 0 Å². The molecule has 1 aliphatic rings. The molecule has 0 spiro atoms. The predicted octanol–water partition coefficient (Wildman–Crippen LogP) is 5.67. The Kier molecular flexibility index (Phi) is 32.7. The summed E-state index contributed by atoms with van der Waals surface area (Å²) >= 11 is 0. The van der Waals surface area contributed by atoms with E-state index in [9.17, 15) is 0 Å². The molecule has 0 unspecified atom stereocenters. The SMILES string of the molecule is CC.CC1CCC1.CCC.CCC. The molecule has 0 bridgehead atoms. The van der Waals surface area contributed by atoms with Gasteiger partial charge in [-0.3, -0.25) is 0 Å². The maximum atomic E-state index is 2.31. The van der Waals surface area contributed by atoms with Crippen LogP contribution in [0.1, 0.15) is 80.6 Å². The first kappa shape index (κ1) is 18.7. The second-order valence-corrected chi connectivity index (χ2v) is 3.45. The topological polar surface area (TPSA) is 0 Å². The maximum Gasteiger partial charge on any atom is -0.0443 e. The van der Waals surface area contributed by atoms with Gasteiger partial charge in [0.2, 0.25) is 0 Å². The van der Waals surface area contributed by atoms with Gasteiger partial charge in [0.1, 0.15) is 0 Å². The zero-order valence-electron chi connectivity index (χ0n) is 11.1. The molecule has 13 heavy (non-hydrogen) atoms. The lowest BCUT2D eigenvalue weighted by Crippen LogP contribution is -2.04. The van der Waals surface area contributed by atoms with E-state index in [1.165, 1.54) is 32.1 Å². The third kappa shape index (κ3) is 33.3. The summed E-state index contributed by atoms with van der Waals surface area (Å²) in [5, 5.41) is 0. The lowest BCUT2D eigenvalue weighted by Gasteiger charge is -2.18. The Balaban J connectivity index is -0.000000112. The minimum Gasteiger partial charge on any atom is -0.0683 e. The lowest BCUT2D eigenvalue weighted by atomic mass is 9.88. The molecule has 1 fully saturated rings. The molecule has 1 aliphatic carbocycles. The summed E-state index contributed by atoms with van der Waals surface area (Å²) in [4.78, 5) is 0. The second-order valence-electron chi connectivity index (χ2n) is 3.45. The van der Waals surface area contributed by atoms with Crippen LogP contribution in [-0.2, 0) is 0 Å². The average molecular weight is 188 g/mol. The molecule has 0 atom stereocenters. The Morgan fingerprint density at radius 3 is 1.00 bits per heavy atom. The summed E-state index contributed by atoms with van der Waals surface area (Å²) < 4.78 is 0. The molecule has 0 nitrogen and oxygen atoms in total. The van der Waals surface area contributed by atoms with Gasteiger partial charge in [-0.25, -0.2) is 0 Å². The summed E-state index contributed by atoms with van der Waals surface area (Å²) in [6.45, 7) is 14.8. The molecule has 0 amide bonds. The van der Waals surface area contributed by atoms with Crippen LogP contribution in [0.2, 0.25) is 0 Å². The first-order valence-electron chi connectivity index (χ1n) is 6.22. The van der Waals surface area contributed by atoms with Crippen LogP contribution in [0.15, 0.2) is 0 Å². The summed E-state index contributed by atoms with van der Waals surface area (Å²) in [5.74, 6) is 1.06. The van der Waals surface area contributed by atoms with Gasteiger partial charge in [0.15, 0.2) is 0 Å². The van der Waals surface area contributed by atoms with Gasteiger partial charge in [-0.05, 0) is 5.92 Å². The smallest absolute Gasteiger partial charge is 0.0443 e. The van der Waals surface area contributed by atoms with Gasteiger partial charge < -0.3 is 0 Å². The molecular formula is C13H32. The van der Waals surface area contributed by atoms with Crippen molar-refractivity contribution < 1.29 is 0 Å². The van der Waals surface area contributed by atoms with Crippen LogP contribution in [0.5, 0.6) is 0 Å². The van der Waals surface area contributed by atoms with Crippen LogP contribution in [0, 0.1) is 5.92 Å². The van der Waals surface area contributed by atoms with Crippen molar-refractivity contribution in [2.75, 3.05) is 0 Å². The van der Waals surface area contributed by atoms with Crippen molar-refractivity contribution in [3.05, 3.63) is 0 Å². The zero-order valence-corrected chi connectivity index (χ0v) is 11.1. The first-order chi connectivity index (χ1) is 6.22. The molecule has 0 radical (unpaired) electrons. The Hall–Kier alpha value is 0. The Bertz CT molecular complexity index is 42.0. The van der Waals surface area contributed by atoms with E-state index in [1.807, 2.05) is 13.8 Å². The second kappa shape index (κ2) is 22.7. The summed E-state index contributed by atoms with van der Waals surface area (Å²) in [6.07, 6.45) is 6.96. The van der Waals surface area contributed by atoms with Gasteiger partial charge >= 0.3 is 0 Å². The van der Waals surface area contributed by atoms with E-state index >= 15 is 0 Å². The summed E-state index contributed by atoms with van der Waals surface area (Å²) in [5.41, 5.74) is 0. The van der Waals surface area contributed by atoms with E-state index in [0.717, 1.165) is 5.92 Å². The van der Waals surface area contributed by atoms with E-state index < -0.39 is 0 Å².